The normalized spacial score (nSPS) is 11.2. The standard InChI is InChI=1S/C19H13ClN2O/c1-11-18-15(6-7-21-11)17-9-14(20)8-16(19(17)22-18)13-4-2-12(10-23)3-5-13/h2-10,22H,1H3. The number of aldehydes is 1. The number of nitrogens with one attached hydrogen (secondary N) is 1. The van der Waals surface area contributed by atoms with Crippen molar-refractivity contribution in [2.75, 3.05) is 0 Å². The van der Waals surface area contributed by atoms with E-state index in [9.17, 15) is 4.79 Å². The van der Waals surface area contributed by atoms with Crippen LogP contribution < -0.4 is 0 Å². The zero-order chi connectivity index (χ0) is 16.0. The van der Waals surface area contributed by atoms with Gasteiger partial charge in [0, 0.05) is 33.1 Å². The number of halogens is 1. The van der Waals surface area contributed by atoms with Crippen molar-refractivity contribution in [3.63, 3.8) is 0 Å². The second-order valence-corrected chi connectivity index (χ2v) is 6.00. The molecule has 2 heterocycles. The minimum Gasteiger partial charge on any atom is -0.353 e. The first kappa shape index (κ1) is 14.0. The Morgan fingerprint density at radius 2 is 1.83 bits per heavy atom. The van der Waals surface area contributed by atoms with Crippen LogP contribution in [0.3, 0.4) is 0 Å². The molecule has 4 heteroatoms. The van der Waals surface area contributed by atoms with Gasteiger partial charge in [0.1, 0.15) is 6.29 Å². The van der Waals surface area contributed by atoms with Crippen LogP contribution in [0.4, 0.5) is 0 Å². The highest BCUT2D eigenvalue weighted by Gasteiger charge is 2.12. The van der Waals surface area contributed by atoms with Crippen molar-refractivity contribution in [1.82, 2.24) is 9.97 Å². The van der Waals surface area contributed by atoms with Crippen molar-refractivity contribution in [3.8, 4) is 11.1 Å². The largest absolute Gasteiger partial charge is 0.353 e. The average Bonchev–Trinajstić information content (AvgIpc) is 2.94. The molecule has 0 aliphatic heterocycles. The van der Waals surface area contributed by atoms with Gasteiger partial charge in [0.15, 0.2) is 0 Å². The Kier molecular flexibility index (Phi) is 3.17. The number of hydrogen-bond acceptors (Lipinski definition) is 2. The van der Waals surface area contributed by atoms with Crippen molar-refractivity contribution in [1.29, 1.82) is 0 Å². The second-order valence-electron chi connectivity index (χ2n) is 5.56. The topological polar surface area (TPSA) is 45.8 Å². The van der Waals surface area contributed by atoms with Crippen LogP contribution in [0.5, 0.6) is 0 Å². The van der Waals surface area contributed by atoms with Gasteiger partial charge < -0.3 is 4.98 Å². The first-order valence-electron chi connectivity index (χ1n) is 7.29. The summed E-state index contributed by atoms with van der Waals surface area (Å²) in [6.07, 6.45) is 2.65. The van der Waals surface area contributed by atoms with Crippen LogP contribution in [0.25, 0.3) is 32.9 Å². The number of nitrogens with zero attached hydrogens (tertiary/aromatic N) is 1. The summed E-state index contributed by atoms with van der Waals surface area (Å²) in [6, 6.07) is 13.4. The van der Waals surface area contributed by atoms with Crippen LogP contribution in [-0.4, -0.2) is 16.3 Å². The van der Waals surface area contributed by atoms with Crippen LogP contribution in [0.2, 0.25) is 5.02 Å². The van der Waals surface area contributed by atoms with E-state index in [1.807, 2.05) is 55.6 Å². The number of pyridine rings is 1. The number of aryl methyl sites for hydroxylation is 1. The Labute approximate surface area is 137 Å². The van der Waals surface area contributed by atoms with Crippen LogP contribution in [0, 0.1) is 6.92 Å². The Hall–Kier alpha value is -2.65. The van der Waals surface area contributed by atoms with Gasteiger partial charge in [-0.15, -0.1) is 0 Å². The second kappa shape index (κ2) is 5.21. The minimum absolute atomic E-state index is 0.656. The van der Waals surface area contributed by atoms with E-state index >= 15 is 0 Å². The molecule has 0 fully saturated rings. The zero-order valence-corrected chi connectivity index (χ0v) is 13.2. The summed E-state index contributed by atoms with van der Waals surface area (Å²) in [4.78, 5) is 18.7. The highest BCUT2D eigenvalue weighted by Crippen LogP contribution is 2.36. The molecule has 0 atom stereocenters. The van der Waals surface area contributed by atoms with Gasteiger partial charge in [-0.3, -0.25) is 9.78 Å². The van der Waals surface area contributed by atoms with Crippen molar-refractivity contribution in [2.24, 2.45) is 0 Å². The van der Waals surface area contributed by atoms with Crippen molar-refractivity contribution < 1.29 is 4.79 Å². The lowest BCUT2D eigenvalue weighted by Crippen LogP contribution is -1.84. The molecule has 23 heavy (non-hydrogen) atoms. The van der Waals surface area contributed by atoms with Crippen molar-refractivity contribution in [3.05, 3.63) is 64.9 Å². The van der Waals surface area contributed by atoms with Crippen LogP contribution >= 0.6 is 11.6 Å². The van der Waals surface area contributed by atoms with Gasteiger partial charge in [-0.2, -0.15) is 0 Å². The average molecular weight is 321 g/mol. The summed E-state index contributed by atoms with van der Waals surface area (Å²) in [6.45, 7) is 1.98. The molecule has 1 N–H and O–H groups in total. The molecule has 0 spiro atoms. The number of benzene rings is 2. The molecule has 0 bridgehead atoms. The molecule has 3 nitrogen and oxygen atoms in total. The van der Waals surface area contributed by atoms with Gasteiger partial charge in [-0.25, -0.2) is 0 Å². The molecule has 0 amide bonds. The highest BCUT2D eigenvalue weighted by atomic mass is 35.5. The predicted octanol–water partition coefficient (Wildman–Crippen LogP) is 5.16. The molecule has 0 saturated heterocycles. The van der Waals surface area contributed by atoms with Crippen LogP contribution in [0.15, 0.2) is 48.7 Å². The van der Waals surface area contributed by atoms with E-state index < -0.39 is 0 Å². The van der Waals surface area contributed by atoms with Crippen LogP contribution in [0.1, 0.15) is 16.1 Å². The van der Waals surface area contributed by atoms with E-state index in [0.29, 0.717) is 10.6 Å². The Morgan fingerprint density at radius 3 is 2.57 bits per heavy atom. The quantitative estimate of drug-likeness (QED) is 0.519. The minimum atomic E-state index is 0.656. The van der Waals surface area contributed by atoms with E-state index in [0.717, 1.165) is 44.9 Å². The van der Waals surface area contributed by atoms with Gasteiger partial charge in [-0.1, -0.05) is 35.9 Å². The molecule has 0 aliphatic carbocycles. The van der Waals surface area contributed by atoms with Crippen molar-refractivity contribution >= 4 is 39.7 Å². The molecular formula is C19H13ClN2O. The maximum Gasteiger partial charge on any atom is 0.150 e. The molecule has 0 unspecified atom stereocenters. The fourth-order valence-corrected chi connectivity index (χ4v) is 3.21. The monoisotopic (exact) mass is 320 g/mol. The summed E-state index contributed by atoms with van der Waals surface area (Å²) < 4.78 is 0. The SMILES string of the molecule is Cc1nccc2c1[nH]c1c(-c3ccc(C=O)cc3)cc(Cl)cc12. The first-order valence-corrected chi connectivity index (χ1v) is 7.67. The molecular weight excluding hydrogens is 308 g/mol. The van der Waals surface area contributed by atoms with E-state index in [4.69, 9.17) is 11.6 Å². The van der Waals surface area contributed by atoms with Gasteiger partial charge in [-0.05, 0) is 30.7 Å². The Bertz CT molecular complexity index is 1050. The number of aromatic nitrogens is 2. The number of H-pyrrole nitrogens is 1. The molecule has 0 aliphatic rings. The summed E-state index contributed by atoms with van der Waals surface area (Å²) in [7, 11) is 0. The predicted molar refractivity (Wildman–Crippen MR) is 94.2 cm³/mol. The summed E-state index contributed by atoms with van der Waals surface area (Å²) in [5.74, 6) is 0. The zero-order valence-electron chi connectivity index (χ0n) is 12.4. The van der Waals surface area contributed by atoms with E-state index in [1.165, 1.54) is 0 Å². The maximum atomic E-state index is 10.8. The van der Waals surface area contributed by atoms with Gasteiger partial charge >= 0.3 is 0 Å². The van der Waals surface area contributed by atoms with E-state index in [1.54, 1.807) is 0 Å². The number of carbonyl (C=O) groups excluding carboxylic acids is 1. The van der Waals surface area contributed by atoms with Gasteiger partial charge in [0.05, 0.1) is 16.7 Å². The number of rotatable bonds is 2. The van der Waals surface area contributed by atoms with Gasteiger partial charge in [0.2, 0.25) is 0 Å². The lowest BCUT2D eigenvalue weighted by molar-refractivity contribution is 0.112. The Morgan fingerprint density at radius 1 is 1.04 bits per heavy atom. The van der Waals surface area contributed by atoms with Crippen molar-refractivity contribution in [2.45, 2.75) is 6.92 Å². The molecule has 2 aromatic carbocycles. The van der Waals surface area contributed by atoms with Gasteiger partial charge in [0.25, 0.3) is 0 Å². The molecule has 2 aromatic heterocycles. The third kappa shape index (κ3) is 2.21. The summed E-state index contributed by atoms with van der Waals surface area (Å²) >= 11 is 6.34. The van der Waals surface area contributed by atoms with Crippen LogP contribution in [-0.2, 0) is 0 Å². The number of hydrogen-bond donors (Lipinski definition) is 1. The third-order valence-corrected chi connectivity index (χ3v) is 4.36. The third-order valence-electron chi connectivity index (χ3n) is 4.14. The molecule has 112 valence electrons. The number of aromatic amines is 1. The molecule has 4 rings (SSSR count). The fourth-order valence-electron chi connectivity index (χ4n) is 3.00. The lowest BCUT2D eigenvalue weighted by atomic mass is 10.0. The number of carbonyl (C=O) groups is 1. The molecule has 4 aromatic rings. The van der Waals surface area contributed by atoms with E-state index in [-0.39, 0.29) is 0 Å². The highest BCUT2D eigenvalue weighted by molar-refractivity contribution is 6.32. The van der Waals surface area contributed by atoms with E-state index in [2.05, 4.69) is 9.97 Å². The smallest absolute Gasteiger partial charge is 0.150 e. The summed E-state index contributed by atoms with van der Waals surface area (Å²) in [5, 5.41) is 2.87. The number of fused-ring (bicyclic) bond motifs is 3. The maximum absolute atomic E-state index is 10.8. The molecule has 0 radical (unpaired) electrons. The fraction of sp³-hybridized carbons (Fsp3) is 0.0526. The lowest BCUT2D eigenvalue weighted by Gasteiger charge is -2.05. The Balaban J connectivity index is 2.07. The first-order chi connectivity index (χ1) is 11.2. The molecule has 0 saturated carbocycles. The summed E-state index contributed by atoms with van der Waals surface area (Å²) in [5.41, 5.74) is 5.69.